The molecule has 27 heavy (non-hydrogen) atoms. The molecule has 1 heterocycles. The molecular weight excluding hydrogens is 363 g/mol. The van der Waals surface area contributed by atoms with Gasteiger partial charge in [-0.25, -0.2) is 9.40 Å². The normalized spacial score (nSPS) is 13.6. The summed E-state index contributed by atoms with van der Waals surface area (Å²) in [4.78, 5) is 32.6. The van der Waals surface area contributed by atoms with Gasteiger partial charge in [-0.15, -0.1) is 0 Å². The lowest BCUT2D eigenvalue weighted by Gasteiger charge is -2.27. The van der Waals surface area contributed by atoms with Crippen molar-refractivity contribution < 1.29 is 23.8 Å². The van der Waals surface area contributed by atoms with Crippen LogP contribution >= 0.6 is 0 Å². The van der Waals surface area contributed by atoms with Gasteiger partial charge in [-0.05, 0) is 30.3 Å². The molecule has 0 bridgehead atoms. The maximum absolute atomic E-state index is 13.0. The molecular formula is C16H11FN4O6. The fraction of sp³-hybridized carbons (Fsp3) is 0.0625. The van der Waals surface area contributed by atoms with Gasteiger partial charge in [-0.3, -0.25) is 30.4 Å². The quantitative estimate of drug-likeness (QED) is 0.629. The van der Waals surface area contributed by atoms with Crippen molar-refractivity contribution in [3.63, 3.8) is 0 Å². The Labute approximate surface area is 150 Å². The van der Waals surface area contributed by atoms with E-state index < -0.39 is 32.9 Å². The highest BCUT2D eigenvalue weighted by atomic mass is 19.1. The predicted octanol–water partition coefficient (Wildman–Crippen LogP) is 2.83. The second-order valence-electron chi connectivity index (χ2n) is 5.38. The summed E-state index contributed by atoms with van der Waals surface area (Å²) in [6.45, 7) is -0.282. The van der Waals surface area contributed by atoms with Gasteiger partial charge >= 0.3 is 5.69 Å². The molecule has 1 aliphatic heterocycles. The third-order valence-electron chi connectivity index (χ3n) is 3.64. The topological polar surface area (TPSA) is 128 Å². The number of nitrogens with zero attached hydrogens (tertiary/aromatic N) is 3. The number of hydrogen-bond donors (Lipinski definition) is 1. The Morgan fingerprint density at radius 3 is 2.37 bits per heavy atom. The first kappa shape index (κ1) is 17.8. The second kappa shape index (κ2) is 7.07. The molecule has 0 aliphatic carbocycles. The van der Waals surface area contributed by atoms with Gasteiger partial charge in [0.25, 0.3) is 11.6 Å². The van der Waals surface area contributed by atoms with Crippen LogP contribution in [0.2, 0.25) is 0 Å². The summed E-state index contributed by atoms with van der Waals surface area (Å²) in [5.41, 5.74) is 1.88. The number of nitro groups is 2. The second-order valence-corrected chi connectivity index (χ2v) is 5.38. The minimum Gasteiger partial charge on any atom is -0.470 e. The minimum absolute atomic E-state index is 0.110. The van der Waals surface area contributed by atoms with Gasteiger partial charge in [0.15, 0.2) is 6.73 Å². The zero-order valence-corrected chi connectivity index (χ0v) is 13.5. The molecule has 0 atom stereocenters. The average Bonchev–Trinajstić information content (AvgIpc) is 2.64. The average molecular weight is 374 g/mol. The zero-order chi connectivity index (χ0) is 19.6. The molecule has 10 nitrogen and oxygen atoms in total. The Morgan fingerprint density at radius 2 is 1.78 bits per heavy atom. The largest absolute Gasteiger partial charge is 0.470 e. The number of amides is 1. The van der Waals surface area contributed by atoms with Gasteiger partial charge in [0, 0.05) is 17.7 Å². The fourth-order valence-electron chi connectivity index (χ4n) is 2.32. The molecule has 0 radical (unpaired) electrons. The van der Waals surface area contributed by atoms with Crippen molar-refractivity contribution in [1.29, 1.82) is 0 Å². The van der Waals surface area contributed by atoms with Gasteiger partial charge < -0.3 is 4.74 Å². The summed E-state index contributed by atoms with van der Waals surface area (Å²) in [5, 5.41) is 22.9. The van der Waals surface area contributed by atoms with Crippen LogP contribution in [0.1, 0.15) is 5.56 Å². The van der Waals surface area contributed by atoms with Gasteiger partial charge in [-0.2, -0.15) is 0 Å². The molecule has 0 aromatic heterocycles. The Morgan fingerprint density at radius 1 is 1.07 bits per heavy atom. The Kier molecular flexibility index (Phi) is 4.66. The van der Waals surface area contributed by atoms with Gasteiger partial charge in [-0.1, -0.05) is 0 Å². The molecule has 0 unspecified atom stereocenters. The van der Waals surface area contributed by atoms with E-state index >= 15 is 0 Å². The number of benzene rings is 2. The number of non-ortho nitro benzene ring substituents is 1. The minimum atomic E-state index is -0.801. The first-order valence-electron chi connectivity index (χ1n) is 7.46. The van der Waals surface area contributed by atoms with Gasteiger partial charge in [0.1, 0.15) is 17.3 Å². The van der Waals surface area contributed by atoms with E-state index in [0.29, 0.717) is 5.56 Å². The van der Waals surface area contributed by atoms with E-state index in [1.165, 1.54) is 24.3 Å². The molecule has 1 aliphatic rings. The van der Waals surface area contributed by atoms with Crippen LogP contribution in [-0.4, -0.2) is 27.5 Å². The van der Waals surface area contributed by atoms with Crippen LogP contribution in [-0.2, 0) is 9.53 Å². The monoisotopic (exact) mass is 374 g/mol. The first-order valence-corrected chi connectivity index (χ1v) is 7.46. The van der Waals surface area contributed by atoms with Crippen molar-refractivity contribution in [3.8, 4) is 0 Å². The number of halogens is 1. The van der Waals surface area contributed by atoms with Crippen LogP contribution in [0.4, 0.5) is 21.5 Å². The number of carbonyl (C=O) groups excluding carboxylic acids is 1. The summed E-state index contributed by atoms with van der Waals surface area (Å²) in [5.74, 6) is -0.778. The van der Waals surface area contributed by atoms with Crippen molar-refractivity contribution in [1.82, 2.24) is 5.01 Å². The molecule has 11 heteroatoms. The highest BCUT2D eigenvalue weighted by Gasteiger charge is 2.25. The zero-order valence-electron chi connectivity index (χ0n) is 13.5. The summed E-state index contributed by atoms with van der Waals surface area (Å²) in [6, 6.07) is 8.31. The standard InChI is InChI=1S/C16H11FN4O6/c17-11-3-1-10(2-4-11)15-8-16(22)19(9-27-15)18-13-6-5-12(20(23)24)7-14(13)21(25)26/h1-8,18H,9H2. The molecule has 1 N–H and O–H groups in total. The van der Waals surface area contributed by atoms with E-state index in [0.717, 1.165) is 29.3 Å². The highest BCUT2D eigenvalue weighted by Crippen LogP contribution is 2.30. The smallest absolute Gasteiger partial charge is 0.300 e. The Balaban J connectivity index is 1.81. The fourth-order valence-corrected chi connectivity index (χ4v) is 2.32. The van der Waals surface area contributed by atoms with Crippen molar-refractivity contribution in [2.24, 2.45) is 0 Å². The van der Waals surface area contributed by atoms with Crippen LogP contribution in [0.25, 0.3) is 5.76 Å². The maximum atomic E-state index is 13.0. The lowest BCUT2D eigenvalue weighted by Crippen LogP contribution is -2.39. The van der Waals surface area contributed by atoms with Crippen molar-refractivity contribution in [2.45, 2.75) is 0 Å². The number of ether oxygens (including phenoxy) is 1. The number of nitro benzene ring substituents is 2. The van der Waals surface area contributed by atoms with Crippen LogP contribution < -0.4 is 5.43 Å². The Bertz CT molecular complexity index is 960. The molecule has 0 saturated heterocycles. The summed E-state index contributed by atoms with van der Waals surface area (Å²) in [7, 11) is 0. The van der Waals surface area contributed by atoms with E-state index in [1.54, 1.807) is 0 Å². The third-order valence-corrected chi connectivity index (χ3v) is 3.64. The van der Waals surface area contributed by atoms with E-state index in [1.807, 2.05) is 0 Å². The molecule has 2 aromatic carbocycles. The summed E-state index contributed by atoms with van der Waals surface area (Å²) in [6.07, 6.45) is 1.14. The van der Waals surface area contributed by atoms with E-state index in [-0.39, 0.29) is 18.2 Å². The molecule has 1 amide bonds. The molecule has 2 aromatic rings. The van der Waals surface area contributed by atoms with E-state index in [2.05, 4.69) is 5.43 Å². The van der Waals surface area contributed by atoms with Crippen LogP contribution in [0.3, 0.4) is 0 Å². The number of hydrogen-bond acceptors (Lipinski definition) is 7. The predicted molar refractivity (Wildman–Crippen MR) is 90.5 cm³/mol. The third kappa shape index (κ3) is 3.81. The molecule has 3 rings (SSSR count). The SMILES string of the molecule is O=C1C=C(c2ccc(F)cc2)OCN1Nc1ccc([N+](=O)[O-])cc1[N+](=O)[O-]. The lowest BCUT2D eigenvalue weighted by molar-refractivity contribution is -0.393. The van der Waals surface area contributed by atoms with Crippen molar-refractivity contribution in [2.75, 3.05) is 12.2 Å². The maximum Gasteiger partial charge on any atom is 0.300 e. The molecule has 0 spiro atoms. The molecule has 138 valence electrons. The summed E-state index contributed by atoms with van der Waals surface area (Å²) < 4.78 is 18.4. The molecule has 0 fully saturated rings. The number of anilines is 1. The number of hydrazine groups is 1. The van der Waals surface area contributed by atoms with Crippen molar-refractivity contribution in [3.05, 3.63) is 80.1 Å². The number of rotatable bonds is 5. The van der Waals surface area contributed by atoms with Crippen LogP contribution in [0, 0.1) is 26.0 Å². The van der Waals surface area contributed by atoms with Gasteiger partial charge in [0.2, 0.25) is 0 Å². The highest BCUT2D eigenvalue weighted by molar-refractivity contribution is 5.95. The Hall–Kier alpha value is -4.02. The van der Waals surface area contributed by atoms with Crippen LogP contribution in [0.15, 0.2) is 48.5 Å². The first-order chi connectivity index (χ1) is 12.8. The van der Waals surface area contributed by atoms with E-state index in [9.17, 15) is 29.4 Å². The van der Waals surface area contributed by atoms with Crippen LogP contribution in [0.5, 0.6) is 0 Å². The van der Waals surface area contributed by atoms with Crippen molar-refractivity contribution >= 4 is 28.7 Å². The summed E-state index contributed by atoms with van der Waals surface area (Å²) >= 11 is 0. The number of carbonyl (C=O) groups is 1. The van der Waals surface area contributed by atoms with Gasteiger partial charge in [0.05, 0.1) is 15.9 Å². The number of nitrogens with one attached hydrogen (secondary N) is 1. The lowest BCUT2D eigenvalue weighted by atomic mass is 10.1. The molecule has 0 saturated carbocycles. The van der Waals surface area contributed by atoms with E-state index in [4.69, 9.17) is 4.74 Å².